The zero-order chi connectivity index (χ0) is 15.6. The van der Waals surface area contributed by atoms with Crippen LogP contribution in [0.1, 0.15) is 5.69 Å². The molecule has 1 heterocycles. The molecule has 0 radical (unpaired) electrons. The van der Waals surface area contributed by atoms with E-state index < -0.39 is 20.4 Å². The van der Waals surface area contributed by atoms with E-state index in [1.165, 1.54) is 18.2 Å². The Morgan fingerprint density at radius 1 is 1.38 bits per heavy atom. The van der Waals surface area contributed by atoms with Gasteiger partial charge in [-0.2, -0.15) is 5.10 Å². The van der Waals surface area contributed by atoms with Crippen LogP contribution < -0.4 is 5.32 Å². The smallest absolute Gasteiger partial charge is 0.310 e. The average molecular weight is 310 g/mol. The summed E-state index contributed by atoms with van der Waals surface area (Å²) < 4.78 is 24.9. The van der Waals surface area contributed by atoms with Gasteiger partial charge in [0, 0.05) is 19.5 Å². The number of anilines is 1. The van der Waals surface area contributed by atoms with Gasteiger partial charge in [0.25, 0.3) is 0 Å². The van der Waals surface area contributed by atoms with Crippen molar-refractivity contribution in [3.63, 3.8) is 0 Å². The van der Waals surface area contributed by atoms with Crippen LogP contribution in [0.5, 0.6) is 0 Å². The van der Waals surface area contributed by atoms with Gasteiger partial charge in [-0.1, -0.05) is 6.07 Å². The van der Waals surface area contributed by atoms with Crippen LogP contribution in [-0.4, -0.2) is 29.4 Å². The van der Waals surface area contributed by atoms with E-state index in [0.717, 1.165) is 6.26 Å². The van der Waals surface area contributed by atoms with Crippen molar-refractivity contribution in [3.8, 4) is 0 Å². The molecule has 8 nitrogen and oxygen atoms in total. The molecule has 0 fully saturated rings. The van der Waals surface area contributed by atoms with Crippen molar-refractivity contribution in [2.24, 2.45) is 7.05 Å². The summed E-state index contributed by atoms with van der Waals surface area (Å²) in [5, 5.41) is 18.2. The van der Waals surface area contributed by atoms with E-state index in [1.54, 1.807) is 24.0 Å². The number of aromatic nitrogens is 2. The second-order valence-electron chi connectivity index (χ2n) is 4.52. The van der Waals surface area contributed by atoms with Crippen LogP contribution in [0.15, 0.2) is 35.4 Å². The lowest BCUT2D eigenvalue weighted by Crippen LogP contribution is -2.08. The molecule has 0 aliphatic carbocycles. The largest absolute Gasteiger partial charge is 0.374 e. The summed E-state index contributed by atoms with van der Waals surface area (Å²) in [5.74, 6) is 0. The van der Waals surface area contributed by atoms with E-state index in [2.05, 4.69) is 10.4 Å². The molecule has 0 unspecified atom stereocenters. The van der Waals surface area contributed by atoms with E-state index in [4.69, 9.17) is 0 Å². The standard InChI is InChI=1S/C12H14N4O4S/c1-15-7-6-9(14-15)8-13-10-4-3-5-11(21(2,19)20)12(10)16(17)18/h3-7,13H,8H2,1-2H3. The summed E-state index contributed by atoms with van der Waals surface area (Å²) >= 11 is 0. The SMILES string of the molecule is Cn1ccc(CNc2cccc(S(C)(=O)=O)c2[N+](=O)[O-])n1. The van der Waals surface area contributed by atoms with Crippen molar-refractivity contribution in [1.29, 1.82) is 0 Å². The van der Waals surface area contributed by atoms with Gasteiger partial charge in [-0.3, -0.25) is 14.8 Å². The predicted molar refractivity (Wildman–Crippen MR) is 76.7 cm³/mol. The van der Waals surface area contributed by atoms with Gasteiger partial charge in [0.15, 0.2) is 9.84 Å². The number of hydrogen-bond donors (Lipinski definition) is 1. The lowest BCUT2D eigenvalue weighted by molar-refractivity contribution is -0.386. The van der Waals surface area contributed by atoms with Crippen molar-refractivity contribution >= 4 is 21.2 Å². The number of rotatable bonds is 5. The summed E-state index contributed by atoms with van der Waals surface area (Å²) in [7, 11) is -1.92. The Hall–Kier alpha value is -2.42. The van der Waals surface area contributed by atoms with Crippen LogP contribution in [0, 0.1) is 10.1 Å². The fourth-order valence-electron chi connectivity index (χ4n) is 1.90. The Morgan fingerprint density at radius 2 is 2.10 bits per heavy atom. The third kappa shape index (κ3) is 3.37. The molecule has 0 bridgehead atoms. The first-order valence-electron chi connectivity index (χ1n) is 5.99. The maximum absolute atomic E-state index is 11.6. The number of hydrogen-bond acceptors (Lipinski definition) is 6. The summed E-state index contributed by atoms with van der Waals surface area (Å²) in [4.78, 5) is 10.2. The van der Waals surface area contributed by atoms with Crippen molar-refractivity contribution in [3.05, 3.63) is 46.3 Å². The normalized spacial score (nSPS) is 11.3. The second kappa shape index (κ2) is 5.52. The molecule has 0 aliphatic rings. The summed E-state index contributed by atoms with van der Waals surface area (Å²) in [5.41, 5.74) is 0.390. The zero-order valence-corrected chi connectivity index (χ0v) is 12.3. The number of benzene rings is 1. The second-order valence-corrected chi connectivity index (χ2v) is 6.50. The Balaban J connectivity index is 2.37. The Morgan fingerprint density at radius 3 is 2.62 bits per heavy atom. The highest BCUT2D eigenvalue weighted by molar-refractivity contribution is 7.90. The van der Waals surface area contributed by atoms with Crippen LogP contribution in [0.25, 0.3) is 0 Å². The molecule has 0 atom stereocenters. The van der Waals surface area contributed by atoms with Crippen LogP contribution in [-0.2, 0) is 23.4 Å². The van der Waals surface area contributed by atoms with Crippen molar-refractivity contribution in [2.45, 2.75) is 11.4 Å². The Kier molecular flexibility index (Phi) is 3.94. The number of nitrogens with zero attached hydrogens (tertiary/aromatic N) is 3. The van der Waals surface area contributed by atoms with Gasteiger partial charge in [-0.15, -0.1) is 0 Å². The van der Waals surface area contributed by atoms with E-state index in [0.29, 0.717) is 5.69 Å². The summed E-state index contributed by atoms with van der Waals surface area (Å²) in [6, 6.07) is 5.92. The highest BCUT2D eigenvalue weighted by Gasteiger charge is 2.25. The third-order valence-electron chi connectivity index (χ3n) is 2.81. The molecule has 2 aromatic rings. The maximum Gasteiger partial charge on any atom is 0.310 e. The van der Waals surface area contributed by atoms with Crippen LogP contribution in [0.2, 0.25) is 0 Å². The number of sulfone groups is 1. The molecule has 112 valence electrons. The molecular weight excluding hydrogens is 296 g/mol. The molecule has 1 N–H and O–H groups in total. The quantitative estimate of drug-likeness (QED) is 0.659. The first-order chi connectivity index (χ1) is 9.79. The average Bonchev–Trinajstić information content (AvgIpc) is 2.80. The number of nitro benzene ring substituents is 1. The molecule has 21 heavy (non-hydrogen) atoms. The molecule has 2 rings (SSSR count). The van der Waals surface area contributed by atoms with Gasteiger partial charge >= 0.3 is 5.69 Å². The minimum Gasteiger partial charge on any atom is -0.374 e. The first kappa shape index (κ1) is 15.0. The van der Waals surface area contributed by atoms with E-state index >= 15 is 0 Å². The van der Waals surface area contributed by atoms with E-state index in [9.17, 15) is 18.5 Å². The number of para-hydroxylation sites is 1. The van der Waals surface area contributed by atoms with Gasteiger partial charge in [-0.05, 0) is 18.2 Å². The number of nitro groups is 1. The van der Waals surface area contributed by atoms with Gasteiger partial charge in [0.1, 0.15) is 10.6 Å². The zero-order valence-electron chi connectivity index (χ0n) is 11.5. The van der Waals surface area contributed by atoms with E-state index in [-0.39, 0.29) is 17.1 Å². The molecule has 0 saturated heterocycles. The predicted octanol–water partition coefficient (Wildman–Crippen LogP) is 1.34. The van der Waals surface area contributed by atoms with Crippen molar-refractivity contribution in [2.75, 3.05) is 11.6 Å². The Labute approximate surface area is 121 Å². The molecule has 0 aliphatic heterocycles. The van der Waals surface area contributed by atoms with E-state index in [1.807, 2.05) is 0 Å². The molecule has 0 saturated carbocycles. The van der Waals surface area contributed by atoms with Crippen molar-refractivity contribution < 1.29 is 13.3 Å². The topological polar surface area (TPSA) is 107 Å². The molecule has 1 aromatic heterocycles. The lowest BCUT2D eigenvalue weighted by Gasteiger charge is -2.08. The monoisotopic (exact) mass is 310 g/mol. The highest BCUT2D eigenvalue weighted by Crippen LogP contribution is 2.32. The van der Waals surface area contributed by atoms with Gasteiger partial charge < -0.3 is 5.32 Å². The summed E-state index contributed by atoms with van der Waals surface area (Å²) in [6.07, 6.45) is 2.69. The fraction of sp³-hybridized carbons (Fsp3) is 0.250. The molecule has 0 amide bonds. The Bertz CT molecular complexity index is 782. The van der Waals surface area contributed by atoms with Gasteiger partial charge in [-0.25, -0.2) is 8.42 Å². The van der Waals surface area contributed by atoms with Crippen LogP contribution >= 0.6 is 0 Å². The molecule has 1 aromatic carbocycles. The minimum absolute atomic E-state index is 0.147. The van der Waals surface area contributed by atoms with Gasteiger partial charge in [0.05, 0.1) is 17.2 Å². The minimum atomic E-state index is -3.68. The molecular formula is C12H14N4O4S. The number of nitrogens with one attached hydrogen (secondary N) is 1. The lowest BCUT2D eigenvalue weighted by atomic mass is 10.2. The third-order valence-corrected chi connectivity index (χ3v) is 3.94. The van der Waals surface area contributed by atoms with Crippen molar-refractivity contribution in [1.82, 2.24) is 9.78 Å². The van der Waals surface area contributed by atoms with Crippen LogP contribution in [0.3, 0.4) is 0 Å². The molecule has 9 heteroatoms. The maximum atomic E-state index is 11.6. The summed E-state index contributed by atoms with van der Waals surface area (Å²) in [6.45, 7) is 0.259. The highest BCUT2D eigenvalue weighted by atomic mass is 32.2. The number of aryl methyl sites for hydroxylation is 1. The first-order valence-corrected chi connectivity index (χ1v) is 7.88. The van der Waals surface area contributed by atoms with Crippen LogP contribution in [0.4, 0.5) is 11.4 Å². The fourth-order valence-corrected chi connectivity index (χ4v) is 2.76. The van der Waals surface area contributed by atoms with Gasteiger partial charge in [0.2, 0.25) is 0 Å². The molecule has 0 spiro atoms.